The van der Waals surface area contributed by atoms with Crippen molar-refractivity contribution < 1.29 is 14.7 Å². The molecule has 9 heteroatoms. The van der Waals surface area contributed by atoms with Crippen molar-refractivity contribution in [2.45, 2.75) is 12.1 Å². The minimum atomic E-state index is -1.57. The molecule has 0 saturated carbocycles. The van der Waals surface area contributed by atoms with E-state index in [0.717, 1.165) is 0 Å². The second-order valence-corrected chi connectivity index (χ2v) is 7.36. The molecule has 0 bridgehead atoms. The van der Waals surface area contributed by atoms with Crippen LogP contribution < -0.4 is 22.1 Å². The Morgan fingerprint density at radius 2 is 1.55 bits per heavy atom. The van der Waals surface area contributed by atoms with E-state index in [1.54, 1.807) is 78.9 Å². The van der Waals surface area contributed by atoms with Gasteiger partial charge in [-0.2, -0.15) is 4.98 Å². The Bertz CT molecular complexity index is 1300. The second-order valence-electron chi connectivity index (χ2n) is 7.36. The maximum absolute atomic E-state index is 12.9. The number of nitrogen functional groups attached to an aromatic ring is 2. The zero-order chi connectivity index (χ0) is 23.4. The third kappa shape index (κ3) is 4.89. The Labute approximate surface area is 189 Å². The zero-order valence-corrected chi connectivity index (χ0v) is 17.5. The first-order chi connectivity index (χ1) is 15.9. The van der Waals surface area contributed by atoms with Crippen LogP contribution in [-0.4, -0.2) is 33.0 Å². The van der Waals surface area contributed by atoms with Crippen LogP contribution in [0.4, 0.5) is 17.5 Å². The molecule has 1 aromatic heterocycles. The molecule has 0 aliphatic heterocycles. The average Bonchev–Trinajstić information content (AvgIpc) is 2.82. The van der Waals surface area contributed by atoms with E-state index in [2.05, 4.69) is 20.6 Å². The third-order valence-corrected chi connectivity index (χ3v) is 5.08. The molecule has 0 fully saturated rings. The van der Waals surface area contributed by atoms with Crippen LogP contribution in [-0.2, 0) is 4.79 Å². The summed E-state index contributed by atoms with van der Waals surface area (Å²) >= 11 is 0. The average molecular weight is 442 g/mol. The van der Waals surface area contributed by atoms with Crippen molar-refractivity contribution in [3.63, 3.8) is 0 Å². The highest BCUT2D eigenvalue weighted by Gasteiger charge is 2.29. The van der Waals surface area contributed by atoms with Gasteiger partial charge in [-0.15, -0.1) is 0 Å². The topological polar surface area (TPSA) is 156 Å². The van der Waals surface area contributed by atoms with Crippen LogP contribution in [0.2, 0.25) is 0 Å². The number of rotatable bonds is 6. The normalized spacial score (nSPS) is 12.6. The van der Waals surface area contributed by atoms with Crippen molar-refractivity contribution in [2.75, 3.05) is 16.8 Å². The molecule has 166 valence electrons. The van der Waals surface area contributed by atoms with Gasteiger partial charge in [0, 0.05) is 16.6 Å². The standard InChI is InChI=1S/C24H22N6O3/c25-21-17-12-11-16(13-18(17)28-24(26)30-21)27-23(33)20(31)19(14-7-3-1-4-8-14)29-22(32)15-9-5-2-6-10-15/h1-13,19-20,31H,(H,27,33)(H,29,32)(H4,25,26,28,30)/t19-,20+/m0/s1. The number of fused-ring (bicyclic) bond motifs is 1. The number of carbonyl (C=O) groups is 2. The lowest BCUT2D eigenvalue weighted by Crippen LogP contribution is -2.42. The fraction of sp³-hybridized carbons (Fsp3) is 0.0833. The number of nitrogens with zero attached hydrogens (tertiary/aromatic N) is 2. The van der Waals surface area contributed by atoms with E-state index in [0.29, 0.717) is 27.7 Å². The Morgan fingerprint density at radius 3 is 2.24 bits per heavy atom. The summed E-state index contributed by atoms with van der Waals surface area (Å²) in [5.74, 6) is -0.879. The minimum Gasteiger partial charge on any atom is -0.383 e. The number of amides is 2. The van der Waals surface area contributed by atoms with E-state index in [1.807, 2.05) is 0 Å². The quantitative estimate of drug-likeness (QED) is 0.307. The Hall–Kier alpha value is -4.50. The number of nitrogens with two attached hydrogens (primary N) is 2. The van der Waals surface area contributed by atoms with Crippen molar-refractivity contribution in [1.82, 2.24) is 15.3 Å². The van der Waals surface area contributed by atoms with Crippen LogP contribution >= 0.6 is 0 Å². The molecule has 4 aromatic rings. The predicted octanol–water partition coefficient (Wildman–Crippen LogP) is 2.26. The Balaban J connectivity index is 1.58. The number of aliphatic hydroxyl groups excluding tert-OH is 1. The van der Waals surface area contributed by atoms with Gasteiger partial charge in [-0.25, -0.2) is 4.98 Å². The molecular formula is C24H22N6O3. The molecule has 0 aliphatic rings. The lowest BCUT2D eigenvalue weighted by Gasteiger charge is -2.24. The highest BCUT2D eigenvalue weighted by molar-refractivity contribution is 5.99. The van der Waals surface area contributed by atoms with Crippen molar-refractivity contribution in [3.05, 3.63) is 90.0 Å². The molecule has 9 nitrogen and oxygen atoms in total. The molecule has 0 unspecified atom stereocenters. The van der Waals surface area contributed by atoms with Crippen LogP contribution in [0.15, 0.2) is 78.9 Å². The van der Waals surface area contributed by atoms with Crippen LogP contribution in [0.5, 0.6) is 0 Å². The molecule has 1 heterocycles. The molecule has 4 rings (SSSR count). The zero-order valence-electron chi connectivity index (χ0n) is 17.5. The lowest BCUT2D eigenvalue weighted by atomic mass is 10.00. The number of nitrogens with one attached hydrogen (secondary N) is 2. The number of hydrogen-bond donors (Lipinski definition) is 5. The van der Waals surface area contributed by atoms with Gasteiger partial charge in [0.1, 0.15) is 5.82 Å². The largest absolute Gasteiger partial charge is 0.383 e. The highest BCUT2D eigenvalue weighted by Crippen LogP contribution is 2.24. The van der Waals surface area contributed by atoms with Gasteiger partial charge < -0.3 is 27.2 Å². The number of benzene rings is 3. The van der Waals surface area contributed by atoms with Crippen LogP contribution in [0.1, 0.15) is 22.0 Å². The predicted molar refractivity (Wildman–Crippen MR) is 126 cm³/mol. The van der Waals surface area contributed by atoms with Crippen molar-refractivity contribution in [1.29, 1.82) is 0 Å². The number of aromatic nitrogens is 2. The molecule has 7 N–H and O–H groups in total. The molecule has 0 aliphatic carbocycles. The summed E-state index contributed by atoms with van der Waals surface area (Å²) in [6, 6.07) is 21.2. The van der Waals surface area contributed by atoms with E-state index < -0.39 is 24.0 Å². The Kier molecular flexibility index (Phi) is 6.14. The summed E-state index contributed by atoms with van der Waals surface area (Å²) in [6.45, 7) is 0. The minimum absolute atomic E-state index is 0.0104. The fourth-order valence-corrected chi connectivity index (χ4v) is 3.44. The monoisotopic (exact) mass is 442 g/mol. The van der Waals surface area contributed by atoms with Gasteiger partial charge in [0.05, 0.1) is 11.6 Å². The van der Waals surface area contributed by atoms with Gasteiger partial charge in [-0.1, -0.05) is 48.5 Å². The first kappa shape index (κ1) is 21.7. The van der Waals surface area contributed by atoms with Crippen LogP contribution in [0.25, 0.3) is 10.9 Å². The smallest absolute Gasteiger partial charge is 0.255 e. The molecule has 2 atom stereocenters. The van der Waals surface area contributed by atoms with Gasteiger partial charge >= 0.3 is 0 Å². The summed E-state index contributed by atoms with van der Waals surface area (Å²) in [5.41, 5.74) is 13.3. The van der Waals surface area contributed by atoms with E-state index in [9.17, 15) is 14.7 Å². The third-order valence-electron chi connectivity index (χ3n) is 5.08. The van der Waals surface area contributed by atoms with Gasteiger partial charge in [-0.3, -0.25) is 9.59 Å². The van der Waals surface area contributed by atoms with Gasteiger partial charge in [0.2, 0.25) is 5.95 Å². The van der Waals surface area contributed by atoms with E-state index in [1.165, 1.54) is 0 Å². The van der Waals surface area contributed by atoms with Crippen LogP contribution in [0, 0.1) is 0 Å². The number of carbonyl (C=O) groups excluding carboxylic acids is 2. The van der Waals surface area contributed by atoms with Crippen molar-refractivity contribution >= 4 is 40.2 Å². The second kappa shape index (κ2) is 9.33. The Morgan fingerprint density at radius 1 is 0.879 bits per heavy atom. The maximum Gasteiger partial charge on any atom is 0.255 e. The molecular weight excluding hydrogens is 420 g/mol. The van der Waals surface area contributed by atoms with Crippen LogP contribution in [0.3, 0.4) is 0 Å². The van der Waals surface area contributed by atoms with E-state index in [4.69, 9.17) is 11.5 Å². The van der Waals surface area contributed by atoms with Gasteiger partial charge in [0.25, 0.3) is 11.8 Å². The molecule has 33 heavy (non-hydrogen) atoms. The van der Waals surface area contributed by atoms with E-state index in [-0.39, 0.29) is 11.8 Å². The molecule has 0 spiro atoms. The first-order valence-electron chi connectivity index (χ1n) is 10.1. The summed E-state index contributed by atoms with van der Waals surface area (Å²) in [5, 5.41) is 16.9. The van der Waals surface area contributed by atoms with Crippen molar-refractivity contribution in [2.24, 2.45) is 0 Å². The highest BCUT2D eigenvalue weighted by atomic mass is 16.3. The summed E-state index contributed by atoms with van der Waals surface area (Å²) in [4.78, 5) is 33.7. The number of hydrogen-bond acceptors (Lipinski definition) is 7. The van der Waals surface area contributed by atoms with E-state index >= 15 is 0 Å². The van der Waals surface area contributed by atoms with Gasteiger partial charge in [-0.05, 0) is 35.9 Å². The maximum atomic E-state index is 12.9. The molecule has 0 saturated heterocycles. The molecule has 2 amide bonds. The number of anilines is 3. The summed E-state index contributed by atoms with van der Waals surface area (Å²) < 4.78 is 0. The molecule has 0 radical (unpaired) electrons. The SMILES string of the molecule is Nc1nc(N)c2ccc(NC(=O)[C@H](O)[C@@H](NC(=O)c3ccccc3)c3ccccc3)cc2n1. The fourth-order valence-electron chi connectivity index (χ4n) is 3.44. The summed E-state index contributed by atoms with van der Waals surface area (Å²) in [7, 11) is 0. The van der Waals surface area contributed by atoms with Gasteiger partial charge in [0.15, 0.2) is 6.10 Å². The lowest BCUT2D eigenvalue weighted by molar-refractivity contribution is -0.125. The van der Waals surface area contributed by atoms with Crippen molar-refractivity contribution in [3.8, 4) is 0 Å². The number of aliphatic hydroxyl groups is 1. The summed E-state index contributed by atoms with van der Waals surface area (Å²) in [6.07, 6.45) is -1.57. The molecule has 3 aromatic carbocycles. The first-order valence-corrected chi connectivity index (χ1v) is 10.1.